The van der Waals surface area contributed by atoms with Gasteiger partial charge in [-0.3, -0.25) is 39.0 Å². The highest BCUT2D eigenvalue weighted by molar-refractivity contribution is 6.23. The van der Waals surface area contributed by atoms with Crippen LogP contribution < -0.4 is 25.3 Å². The lowest BCUT2D eigenvalue weighted by Crippen LogP contribution is -2.54. The molecule has 0 saturated carbocycles. The number of nitrogens with zero attached hydrogens (tertiary/aromatic N) is 10. The van der Waals surface area contributed by atoms with E-state index in [1.54, 1.807) is 25.6 Å². The zero-order valence-electron chi connectivity index (χ0n) is 41.4. The van der Waals surface area contributed by atoms with Gasteiger partial charge in [0.05, 0.1) is 39.3 Å². The number of piperazine rings is 1. The molecule has 8 heterocycles. The molecule has 9 rings (SSSR count). The summed E-state index contributed by atoms with van der Waals surface area (Å²) in [5.41, 5.74) is -1.23. The van der Waals surface area contributed by atoms with Gasteiger partial charge in [0.2, 0.25) is 17.8 Å². The topological polar surface area (TPSA) is 174 Å². The van der Waals surface area contributed by atoms with E-state index in [4.69, 9.17) is 30.8 Å². The first-order valence-corrected chi connectivity index (χ1v) is 20.2. The minimum absolute atomic E-state index is 0.0180. The normalized spacial score (nSPS) is 26.4. The van der Waals surface area contributed by atoms with Crippen molar-refractivity contribution in [2.45, 2.75) is 70.6 Å². The van der Waals surface area contributed by atoms with Crippen LogP contribution in [-0.4, -0.2) is 136 Å². The molecule has 2 N–H and O–H groups in total. The van der Waals surface area contributed by atoms with E-state index < -0.39 is 90.8 Å². The molecule has 5 aliphatic rings. The van der Waals surface area contributed by atoms with E-state index in [1.807, 2.05) is 29.9 Å². The highest BCUT2D eigenvalue weighted by Gasteiger charge is 2.45. The predicted octanol–water partition coefficient (Wildman–Crippen LogP) is 3.74. The molecule has 17 nitrogen and oxygen atoms in total. The van der Waals surface area contributed by atoms with Crippen molar-refractivity contribution in [3.05, 3.63) is 53.6 Å². The molecular weight excluding hydrogens is 772 g/mol. The summed E-state index contributed by atoms with van der Waals surface area (Å²) in [6, 6.07) is 3.48. The second kappa shape index (κ2) is 16.4. The third kappa shape index (κ3) is 7.61. The number of carbonyl (C=O) groups excluding carboxylic acids is 4. The molecule has 0 radical (unpaired) electrons. The minimum atomic E-state index is -3.48. The Balaban J connectivity index is 0.912. The number of benzene rings is 1. The quantitative estimate of drug-likeness (QED) is 0.221. The number of piperidine rings is 3. The van der Waals surface area contributed by atoms with Crippen LogP contribution >= 0.6 is 0 Å². The lowest BCUT2D eigenvalue weighted by Gasteiger charge is -2.39. The third-order valence-electron chi connectivity index (χ3n) is 11.7. The van der Waals surface area contributed by atoms with Crippen molar-refractivity contribution in [2.24, 2.45) is 5.92 Å². The number of amides is 4. The van der Waals surface area contributed by atoms with Gasteiger partial charge in [-0.1, -0.05) is 0 Å². The van der Waals surface area contributed by atoms with Crippen LogP contribution in [0, 0.1) is 11.7 Å². The molecule has 0 aliphatic carbocycles. The Hall–Kier alpha value is -5.75. The van der Waals surface area contributed by atoms with E-state index in [2.05, 4.69) is 20.1 Å². The summed E-state index contributed by atoms with van der Waals surface area (Å²) in [5, 5.41) is 11.1. The van der Waals surface area contributed by atoms with Crippen LogP contribution in [0.5, 0.6) is 0 Å². The fourth-order valence-corrected chi connectivity index (χ4v) is 8.43. The molecule has 18 heteroatoms. The maximum absolute atomic E-state index is 16.1. The fraction of sp³-hybridized carbons (Fsp3) is 0.524. The van der Waals surface area contributed by atoms with Crippen LogP contribution in [0.2, 0.25) is 0 Å². The van der Waals surface area contributed by atoms with Crippen molar-refractivity contribution >= 4 is 63.6 Å². The molecule has 5 aliphatic heterocycles. The number of hydrogen-bond acceptors (Lipinski definition) is 14. The average molecular weight is 831 g/mol. The molecule has 316 valence electrons. The van der Waals surface area contributed by atoms with Crippen LogP contribution in [-0.2, 0) is 14.3 Å². The molecule has 60 heavy (non-hydrogen) atoms. The van der Waals surface area contributed by atoms with Gasteiger partial charge < -0.3 is 24.8 Å². The number of ether oxygens (including phenoxy) is 1. The maximum Gasteiger partial charge on any atom is 0.262 e. The van der Waals surface area contributed by atoms with Gasteiger partial charge >= 0.3 is 0 Å². The summed E-state index contributed by atoms with van der Waals surface area (Å²) in [6.07, 6.45) is 5.80. The van der Waals surface area contributed by atoms with E-state index in [1.165, 1.54) is 0 Å². The van der Waals surface area contributed by atoms with Gasteiger partial charge in [0, 0.05) is 102 Å². The van der Waals surface area contributed by atoms with Crippen LogP contribution in [0.4, 0.5) is 33.5 Å². The number of rotatable bonds is 10. The highest BCUT2D eigenvalue weighted by atomic mass is 19.1. The van der Waals surface area contributed by atoms with Gasteiger partial charge in [-0.05, 0) is 70.1 Å². The summed E-state index contributed by atoms with van der Waals surface area (Å²) < 4.78 is 96.0. The standard InChI is InChI=1S/C42H51FN12O5/c1-25(2)55-33-22-36(46-35-6-11-44-42(47-35)53-14-9-27(60-3)10-15-53)45-23-30(33)38(49-55)52-12-7-26(8-13-52)24-50-16-18-51(19-17-50)34-21-29-28(20-31(34)43)40(58)54(41(29)59)32-4-5-37(56)48-39(32)57/h6,11,20-23,25-27,32H,4-5,7-10,12-19,24H2,1-3H3,(H,48,56,57)(H,44,45,46,47)/i16D2,17D2,18D2,19D2. The zero-order chi connectivity index (χ0) is 48.8. The van der Waals surface area contributed by atoms with Crippen molar-refractivity contribution in [3.63, 3.8) is 0 Å². The number of anilines is 5. The summed E-state index contributed by atoms with van der Waals surface area (Å²) in [4.78, 5) is 70.5. The molecule has 1 aromatic carbocycles. The number of halogens is 1. The fourth-order valence-electron chi connectivity index (χ4n) is 8.43. The van der Waals surface area contributed by atoms with Gasteiger partial charge in [0.15, 0.2) is 5.82 Å². The minimum Gasteiger partial charge on any atom is -0.381 e. The molecule has 4 fully saturated rings. The number of aromatic nitrogens is 5. The van der Waals surface area contributed by atoms with E-state index >= 15 is 4.39 Å². The molecule has 3 aromatic heterocycles. The van der Waals surface area contributed by atoms with Gasteiger partial charge in [0.1, 0.15) is 23.5 Å². The first kappa shape index (κ1) is 31.2. The molecule has 1 unspecified atom stereocenters. The third-order valence-corrected chi connectivity index (χ3v) is 11.7. The summed E-state index contributed by atoms with van der Waals surface area (Å²) in [7, 11) is 1.72. The number of pyridine rings is 1. The highest BCUT2D eigenvalue weighted by Crippen LogP contribution is 2.35. The smallest absolute Gasteiger partial charge is 0.262 e. The van der Waals surface area contributed by atoms with Crippen molar-refractivity contribution < 1.29 is 39.3 Å². The average Bonchev–Trinajstić information content (AvgIpc) is 3.78. The van der Waals surface area contributed by atoms with E-state index in [9.17, 15) is 19.2 Å². The van der Waals surface area contributed by atoms with Crippen LogP contribution in [0.3, 0.4) is 0 Å². The molecule has 0 spiro atoms. The second-order valence-electron chi connectivity index (χ2n) is 15.9. The lowest BCUT2D eigenvalue weighted by atomic mass is 9.95. The first-order valence-electron chi connectivity index (χ1n) is 24.2. The van der Waals surface area contributed by atoms with Crippen LogP contribution in [0.25, 0.3) is 10.9 Å². The van der Waals surface area contributed by atoms with Crippen molar-refractivity contribution in [1.82, 2.24) is 39.8 Å². The van der Waals surface area contributed by atoms with Gasteiger partial charge in [-0.25, -0.2) is 14.4 Å². The lowest BCUT2D eigenvalue weighted by molar-refractivity contribution is -0.136. The number of fused-ring (bicyclic) bond motifs is 2. The molecule has 4 saturated heterocycles. The zero-order valence-corrected chi connectivity index (χ0v) is 33.4. The molecule has 0 bridgehead atoms. The van der Waals surface area contributed by atoms with E-state index in [0.29, 0.717) is 71.3 Å². The number of methoxy groups -OCH3 is 1. The number of nitrogens with one attached hydrogen (secondary N) is 2. The van der Waals surface area contributed by atoms with Crippen LogP contribution in [0.15, 0.2) is 36.7 Å². The largest absolute Gasteiger partial charge is 0.381 e. The van der Waals surface area contributed by atoms with Gasteiger partial charge in [-0.2, -0.15) is 10.1 Å². The number of imide groups is 2. The van der Waals surface area contributed by atoms with Crippen LogP contribution in [0.1, 0.15) is 90.1 Å². The second-order valence-corrected chi connectivity index (χ2v) is 15.9. The predicted molar refractivity (Wildman–Crippen MR) is 222 cm³/mol. The monoisotopic (exact) mass is 830 g/mol. The van der Waals surface area contributed by atoms with Gasteiger partial charge in [-0.15, -0.1) is 0 Å². The SMILES string of the molecule is [2H]C1([2H])N(CC2CCN(c3nn(C(C)C)c4cc(Nc5ccnc(N6CCC(OC)CC6)n5)ncc34)CC2)C([2H])([2H])C([2H])([2H])N(c2cc3c(cc2F)C(=O)N(C2CCC(=O)NC2=O)C3=O)C1([2H])[2H]. The Morgan fingerprint density at radius 3 is 2.32 bits per heavy atom. The van der Waals surface area contributed by atoms with E-state index in [-0.39, 0.29) is 29.9 Å². The molecule has 1 atom stereocenters. The Labute approximate surface area is 358 Å². The van der Waals surface area contributed by atoms with Crippen molar-refractivity contribution in [2.75, 3.05) is 85.8 Å². The summed E-state index contributed by atoms with van der Waals surface area (Å²) in [5.74, 6) is -3.16. The first-order chi connectivity index (χ1) is 32.1. The maximum atomic E-state index is 16.1. The Kier molecular flexibility index (Phi) is 8.50. The van der Waals surface area contributed by atoms with Crippen molar-refractivity contribution in [3.8, 4) is 0 Å². The van der Waals surface area contributed by atoms with Gasteiger partial charge in [0.25, 0.3) is 11.8 Å². The van der Waals surface area contributed by atoms with Crippen molar-refractivity contribution in [1.29, 1.82) is 0 Å². The summed E-state index contributed by atoms with van der Waals surface area (Å²) in [6.45, 7) is -7.60. The number of carbonyl (C=O) groups is 4. The molecule has 4 amide bonds. The Bertz CT molecular complexity index is 2670. The Morgan fingerprint density at radius 1 is 0.900 bits per heavy atom. The van der Waals surface area contributed by atoms with E-state index in [0.717, 1.165) is 36.8 Å². The number of hydrogen-bond donors (Lipinski definition) is 2. The molecular formula is C42H51FN12O5. The Morgan fingerprint density at radius 2 is 1.62 bits per heavy atom. The summed E-state index contributed by atoms with van der Waals surface area (Å²) >= 11 is 0. The molecule has 4 aromatic rings.